The van der Waals surface area contributed by atoms with Crippen LogP contribution >= 0.6 is 0 Å². The number of hydrogen-bond donors (Lipinski definition) is 0. The summed E-state index contributed by atoms with van der Waals surface area (Å²) in [4.78, 5) is 0. The maximum absolute atomic E-state index is 6.00. The maximum Gasteiger partial charge on any atom is 0.563 e. The van der Waals surface area contributed by atoms with Crippen LogP contribution in [0.25, 0.3) is 10.8 Å². The van der Waals surface area contributed by atoms with Crippen LogP contribution in [0, 0.1) is 0 Å². The van der Waals surface area contributed by atoms with E-state index in [4.69, 9.17) is 9.31 Å². The Balaban J connectivity index is 1.74. The quantitative estimate of drug-likeness (QED) is 0.626. The topological polar surface area (TPSA) is 18.5 Å². The Kier molecular flexibility index (Phi) is 2.71. The largest absolute Gasteiger partial charge is 0.563 e. The summed E-state index contributed by atoms with van der Waals surface area (Å²) in [6.07, 6.45) is 0. The molecule has 0 amide bonds. The zero-order chi connectivity index (χ0) is 13.4. The number of fused-ring (bicyclic) bond motifs is 2. The summed E-state index contributed by atoms with van der Waals surface area (Å²) < 4.78 is 11.8. The molecule has 0 fully saturated rings. The van der Waals surface area contributed by atoms with Gasteiger partial charge in [-0.05, 0) is 28.4 Å². The van der Waals surface area contributed by atoms with Crippen molar-refractivity contribution in [1.82, 2.24) is 0 Å². The van der Waals surface area contributed by atoms with Gasteiger partial charge in [0.15, 0.2) is 0 Å². The van der Waals surface area contributed by atoms with Gasteiger partial charge in [-0.2, -0.15) is 0 Å². The van der Waals surface area contributed by atoms with Crippen LogP contribution in [0.3, 0.4) is 0 Å². The SMILES string of the molecule is c1ccc(B2OCc3cc4ccccc4cc3O2)cc1. The van der Waals surface area contributed by atoms with Crippen LogP contribution in [0.1, 0.15) is 5.56 Å². The van der Waals surface area contributed by atoms with Gasteiger partial charge in [0.2, 0.25) is 0 Å². The van der Waals surface area contributed by atoms with E-state index < -0.39 is 0 Å². The van der Waals surface area contributed by atoms with E-state index in [2.05, 4.69) is 24.3 Å². The molecule has 3 aromatic rings. The highest BCUT2D eigenvalue weighted by atomic mass is 16.6. The second-order valence-electron chi connectivity index (χ2n) is 4.98. The summed E-state index contributed by atoms with van der Waals surface area (Å²) in [7, 11) is -0.315. The van der Waals surface area contributed by atoms with E-state index in [1.807, 2.05) is 42.5 Å². The second-order valence-corrected chi connectivity index (χ2v) is 4.98. The van der Waals surface area contributed by atoms with Crippen molar-refractivity contribution < 1.29 is 9.31 Å². The monoisotopic (exact) mass is 260 g/mol. The van der Waals surface area contributed by atoms with E-state index in [9.17, 15) is 0 Å². The van der Waals surface area contributed by atoms with Crippen molar-refractivity contribution in [2.24, 2.45) is 0 Å². The smallest absolute Gasteiger partial charge is 0.532 e. The molecule has 4 rings (SSSR count). The molecule has 0 aromatic heterocycles. The van der Waals surface area contributed by atoms with Crippen molar-refractivity contribution in [3.05, 3.63) is 72.3 Å². The van der Waals surface area contributed by atoms with Crippen LogP contribution in [0.5, 0.6) is 5.75 Å². The van der Waals surface area contributed by atoms with Gasteiger partial charge < -0.3 is 9.31 Å². The van der Waals surface area contributed by atoms with Gasteiger partial charge in [-0.15, -0.1) is 0 Å². The average Bonchev–Trinajstić information content (AvgIpc) is 2.53. The Hall–Kier alpha value is -2.26. The van der Waals surface area contributed by atoms with Crippen molar-refractivity contribution in [1.29, 1.82) is 0 Å². The van der Waals surface area contributed by atoms with E-state index in [0.717, 1.165) is 16.8 Å². The van der Waals surface area contributed by atoms with Gasteiger partial charge >= 0.3 is 7.12 Å². The molecule has 3 aromatic carbocycles. The minimum absolute atomic E-state index is 0.315. The molecule has 0 saturated heterocycles. The number of benzene rings is 3. The zero-order valence-corrected chi connectivity index (χ0v) is 11.0. The molecule has 2 nitrogen and oxygen atoms in total. The molecule has 1 aliphatic rings. The van der Waals surface area contributed by atoms with Gasteiger partial charge in [0, 0.05) is 5.56 Å². The molecule has 0 bridgehead atoms. The van der Waals surface area contributed by atoms with Crippen LogP contribution in [0.2, 0.25) is 0 Å². The predicted molar refractivity (Wildman–Crippen MR) is 81.2 cm³/mol. The normalized spacial score (nSPS) is 13.9. The van der Waals surface area contributed by atoms with Crippen LogP contribution < -0.4 is 10.1 Å². The third-order valence-electron chi connectivity index (χ3n) is 3.62. The summed E-state index contributed by atoms with van der Waals surface area (Å²) >= 11 is 0. The lowest BCUT2D eigenvalue weighted by Gasteiger charge is -2.24. The molecule has 0 saturated carbocycles. The Morgan fingerprint density at radius 1 is 0.800 bits per heavy atom. The van der Waals surface area contributed by atoms with Crippen molar-refractivity contribution in [2.75, 3.05) is 0 Å². The van der Waals surface area contributed by atoms with Gasteiger partial charge in [0.25, 0.3) is 0 Å². The molecule has 0 unspecified atom stereocenters. The van der Waals surface area contributed by atoms with E-state index >= 15 is 0 Å². The molecular formula is C17H13BO2. The average molecular weight is 260 g/mol. The molecular weight excluding hydrogens is 247 g/mol. The van der Waals surface area contributed by atoms with Crippen molar-refractivity contribution in [2.45, 2.75) is 6.61 Å². The highest BCUT2D eigenvalue weighted by Crippen LogP contribution is 2.30. The molecule has 0 spiro atoms. The minimum atomic E-state index is -0.315. The molecule has 20 heavy (non-hydrogen) atoms. The van der Waals surface area contributed by atoms with Crippen molar-refractivity contribution >= 4 is 23.4 Å². The molecule has 0 aliphatic carbocycles. The Morgan fingerprint density at radius 3 is 2.30 bits per heavy atom. The van der Waals surface area contributed by atoms with Crippen molar-refractivity contribution in [3.63, 3.8) is 0 Å². The van der Waals surface area contributed by atoms with E-state index in [0.29, 0.717) is 6.61 Å². The Morgan fingerprint density at radius 2 is 1.50 bits per heavy atom. The molecule has 96 valence electrons. The zero-order valence-electron chi connectivity index (χ0n) is 11.0. The molecule has 1 heterocycles. The molecule has 0 radical (unpaired) electrons. The molecule has 0 atom stereocenters. The van der Waals surface area contributed by atoms with Crippen LogP contribution in [0.15, 0.2) is 66.7 Å². The first-order chi connectivity index (χ1) is 9.90. The lowest BCUT2D eigenvalue weighted by Crippen LogP contribution is -2.42. The summed E-state index contributed by atoms with van der Waals surface area (Å²) in [6, 6.07) is 22.6. The number of rotatable bonds is 1. The van der Waals surface area contributed by atoms with E-state index in [-0.39, 0.29) is 7.12 Å². The fourth-order valence-corrected chi connectivity index (χ4v) is 2.58. The van der Waals surface area contributed by atoms with Gasteiger partial charge in [-0.25, -0.2) is 0 Å². The highest BCUT2D eigenvalue weighted by Gasteiger charge is 2.29. The lowest BCUT2D eigenvalue weighted by molar-refractivity contribution is 0.238. The molecule has 3 heteroatoms. The molecule has 0 N–H and O–H groups in total. The third kappa shape index (κ3) is 1.96. The fraction of sp³-hybridized carbons (Fsp3) is 0.0588. The van der Waals surface area contributed by atoms with E-state index in [1.54, 1.807) is 0 Å². The predicted octanol–water partition coefficient (Wildman–Crippen LogP) is 3.14. The fourth-order valence-electron chi connectivity index (χ4n) is 2.58. The first kappa shape index (κ1) is 11.6. The lowest BCUT2D eigenvalue weighted by atomic mass is 9.77. The van der Waals surface area contributed by atoms with Gasteiger partial charge in [-0.1, -0.05) is 54.6 Å². The van der Waals surface area contributed by atoms with Gasteiger partial charge in [0.05, 0.1) is 6.61 Å². The van der Waals surface area contributed by atoms with Crippen LogP contribution in [0.4, 0.5) is 0 Å². The van der Waals surface area contributed by atoms with Gasteiger partial charge in [0.1, 0.15) is 5.75 Å². The summed E-state index contributed by atoms with van der Waals surface area (Å²) in [5.41, 5.74) is 2.15. The maximum atomic E-state index is 6.00. The third-order valence-corrected chi connectivity index (χ3v) is 3.62. The first-order valence-electron chi connectivity index (χ1n) is 6.75. The van der Waals surface area contributed by atoms with Crippen LogP contribution in [-0.2, 0) is 11.3 Å². The standard InChI is InChI=1S/C17H13BO2/c1-2-8-16(9-3-1)18-19-12-15-10-13-6-4-5-7-14(13)11-17(15)20-18/h1-11H,12H2. The van der Waals surface area contributed by atoms with Crippen molar-refractivity contribution in [3.8, 4) is 5.75 Å². The van der Waals surface area contributed by atoms with Crippen LogP contribution in [-0.4, -0.2) is 7.12 Å². The summed E-state index contributed by atoms with van der Waals surface area (Å²) in [5.74, 6) is 0.920. The van der Waals surface area contributed by atoms with Gasteiger partial charge in [-0.3, -0.25) is 0 Å². The summed E-state index contributed by atoms with van der Waals surface area (Å²) in [6.45, 7) is 0.583. The highest BCUT2D eigenvalue weighted by molar-refractivity contribution is 6.62. The second kappa shape index (κ2) is 4.69. The first-order valence-corrected chi connectivity index (χ1v) is 6.75. The number of hydrogen-bond acceptors (Lipinski definition) is 2. The van der Waals surface area contributed by atoms with E-state index in [1.165, 1.54) is 10.8 Å². The summed E-state index contributed by atoms with van der Waals surface area (Å²) in [5, 5.41) is 2.41. The Bertz CT molecular complexity index is 755. The molecule has 1 aliphatic heterocycles. The Labute approximate surface area is 118 Å². The minimum Gasteiger partial charge on any atom is -0.532 e.